The molecule has 2 aromatic rings. The number of pyridine rings is 1. The second kappa shape index (κ2) is 6.05. The number of hydrogen-bond donors (Lipinski definition) is 0. The molecular formula is C15H12F3NO3. The van der Waals surface area contributed by atoms with Crippen LogP contribution < -0.4 is 5.56 Å². The smallest absolute Gasteiger partial charge is 0.416 e. The van der Waals surface area contributed by atoms with Crippen LogP contribution in [0.15, 0.2) is 47.4 Å². The van der Waals surface area contributed by atoms with Gasteiger partial charge in [-0.1, -0.05) is 12.1 Å². The van der Waals surface area contributed by atoms with Gasteiger partial charge in [-0.05, 0) is 23.8 Å². The minimum absolute atomic E-state index is 0.0758. The van der Waals surface area contributed by atoms with Crippen LogP contribution in [0.25, 0.3) is 0 Å². The van der Waals surface area contributed by atoms with Crippen molar-refractivity contribution in [3.8, 4) is 0 Å². The van der Waals surface area contributed by atoms with Crippen molar-refractivity contribution in [1.82, 2.24) is 4.57 Å². The lowest BCUT2D eigenvalue weighted by molar-refractivity contribution is -0.137. The number of carbonyl (C=O) groups is 1. The van der Waals surface area contributed by atoms with E-state index in [9.17, 15) is 22.8 Å². The Morgan fingerprint density at radius 2 is 1.95 bits per heavy atom. The van der Waals surface area contributed by atoms with Crippen molar-refractivity contribution in [3.63, 3.8) is 0 Å². The van der Waals surface area contributed by atoms with Crippen molar-refractivity contribution >= 4 is 5.97 Å². The highest BCUT2D eigenvalue weighted by Crippen LogP contribution is 2.29. The van der Waals surface area contributed by atoms with Gasteiger partial charge >= 0.3 is 12.1 Å². The number of ether oxygens (including phenoxy) is 1. The zero-order valence-corrected chi connectivity index (χ0v) is 11.6. The lowest BCUT2D eigenvalue weighted by atomic mass is 10.1. The zero-order valence-electron chi connectivity index (χ0n) is 11.6. The number of carbonyl (C=O) groups excluding carboxylic acids is 1. The molecule has 22 heavy (non-hydrogen) atoms. The summed E-state index contributed by atoms with van der Waals surface area (Å²) in [6, 6.07) is 7.14. The van der Waals surface area contributed by atoms with E-state index in [0.29, 0.717) is 5.56 Å². The summed E-state index contributed by atoms with van der Waals surface area (Å²) >= 11 is 0. The van der Waals surface area contributed by atoms with Gasteiger partial charge in [-0.3, -0.25) is 4.79 Å². The molecule has 0 spiro atoms. The number of alkyl halides is 3. The molecule has 0 saturated carbocycles. The summed E-state index contributed by atoms with van der Waals surface area (Å²) in [5.74, 6) is -0.627. The molecule has 1 heterocycles. The molecule has 0 bridgehead atoms. The number of rotatable bonds is 3. The summed E-state index contributed by atoms with van der Waals surface area (Å²) in [5, 5.41) is 0. The summed E-state index contributed by atoms with van der Waals surface area (Å²) in [5.41, 5.74) is -0.764. The van der Waals surface area contributed by atoms with Gasteiger partial charge in [0, 0.05) is 12.3 Å². The first-order chi connectivity index (χ1) is 10.3. The SMILES string of the molecule is COC(=O)c1ccc(=O)n(Cc2cccc(C(F)(F)F)c2)c1. The van der Waals surface area contributed by atoms with E-state index >= 15 is 0 Å². The number of hydrogen-bond acceptors (Lipinski definition) is 3. The molecular weight excluding hydrogens is 299 g/mol. The van der Waals surface area contributed by atoms with Crippen molar-refractivity contribution in [2.75, 3.05) is 7.11 Å². The van der Waals surface area contributed by atoms with Gasteiger partial charge in [0.1, 0.15) is 0 Å². The quantitative estimate of drug-likeness (QED) is 0.819. The first-order valence-electron chi connectivity index (χ1n) is 6.26. The van der Waals surface area contributed by atoms with Crippen LogP contribution in [0.4, 0.5) is 13.2 Å². The monoisotopic (exact) mass is 311 g/mol. The van der Waals surface area contributed by atoms with E-state index < -0.39 is 23.3 Å². The molecule has 7 heteroatoms. The molecule has 1 aromatic carbocycles. The largest absolute Gasteiger partial charge is 0.465 e. The molecule has 0 N–H and O–H groups in total. The van der Waals surface area contributed by atoms with Crippen LogP contribution in [0.3, 0.4) is 0 Å². The number of nitrogens with zero attached hydrogens (tertiary/aromatic N) is 1. The highest BCUT2D eigenvalue weighted by atomic mass is 19.4. The van der Waals surface area contributed by atoms with Crippen LogP contribution >= 0.6 is 0 Å². The Bertz CT molecular complexity index is 750. The number of halogens is 3. The molecule has 0 unspecified atom stereocenters. The molecule has 1 aromatic heterocycles. The van der Waals surface area contributed by atoms with E-state index in [-0.39, 0.29) is 12.1 Å². The van der Waals surface area contributed by atoms with Crippen molar-refractivity contribution in [3.05, 3.63) is 69.6 Å². The van der Waals surface area contributed by atoms with Gasteiger partial charge in [0.05, 0.1) is 24.8 Å². The van der Waals surface area contributed by atoms with Crippen LogP contribution in [-0.4, -0.2) is 17.6 Å². The molecule has 0 atom stereocenters. The van der Waals surface area contributed by atoms with Crippen LogP contribution in [-0.2, 0) is 17.5 Å². The third-order valence-electron chi connectivity index (χ3n) is 3.01. The third kappa shape index (κ3) is 3.55. The van der Waals surface area contributed by atoms with Crippen LogP contribution in [0, 0.1) is 0 Å². The predicted octanol–water partition coefficient (Wildman–Crippen LogP) is 2.70. The number of benzene rings is 1. The number of aromatic nitrogens is 1. The van der Waals surface area contributed by atoms with Gasteiger partial charge in [0.15, 0.2) is 0 Å². The standard InChI is InChI=1S/C15H12F3NO3/c1-22-14(21)11-5-6-13(20)19(9-11)8-10-3-2-4-12(7-10)15(16,17)18/h2-7,9H,8H2,1H3. The fraction of sp³-hybridized carbons (Fsp3) is 0.200. The molecule has 0 amide bonds. The predicted molar refractivity (Wildman–Crippen MR) is 72.6 cm³/mol. The van der Waals surface area contributed by atoms with E-state index in [2.05, 4.69) is 4.74 Å². The second-order valence-electron chi connectivity index (χ2n) is 4.57. The highest BCUT2D eigenvalue weighted by Gasteiger charge is 2.30. The van der Waals surface area contributed by atoms with E-state index in [1.165, 1.54) is 37.6 Å². The van der Waals surface area contributed by atoms with Crippen molar-refractivity contribution in [1.29, 1.82) is 0 Å². The van der Waals surface area contributed by atoms with Gasteiger partial charge in [0.25, 0.3) is 5.56 Å². The summed E-state index contributed by atoms with van der Waals surface area (Å²) in [7, 11) is 1.20. The Balaban J connectivity index is 2.35. The van der Waals surface area contributed by atoms with E-state index in [1.54, 1.807) is 0 Å². The second-order valence-corrected chi connectivity index (χ2v) is 4.57. The van der Waals surface area contributed by atoms with Crippen molar-refractivity contribution in [2.24, 2.45) is 0 Å². The summed E-state index contributed by atoms with van der Waals surface area (Å²) in [6.07, 6.45) is -3.19. The Labute approximate surface area is 123 Å². The maximum absolute atomic E-state index is 12.7. The molecule has 0 aliphatic carbocycles. The van der Waals surface area contributed by atoms with Gasteiger partial charge in [-0.15, -0.1) is 0 Å². The highest BCUT2D eigenvalue weighted by molar-refractivity contribution is 5.88. The summed E-state index contributed by atoms with van der Waals surface area (Å²) in [6.45, 7) is -0.0758. The van der Waals surface area contributed by atoms with Crippen molar-refractivity contribution in [2.45, 2.75) is 12.7 Å². The van der Waals surface area contributed by atoms with E-state index in [1.807, 2.05) is 0 Å². The van der Waals surface area contributed by atoms with Gasteiger partial charge in [-0.25, -0.2) is 4.79 Å². The first-order valence-corrected chi connectivity index (χ1v) is 6.26. The Hall–Kier alpha value is -2.57. The third-order valence-corrected chi connectivity index (χ3v) is 3.01. The summed E-state index contributed by atoms with van der Waals surface area (Å²) < 4.78 is 43.7. The molecule has 0 fully saturated rings. The molecule has 2 rings (SSSR count). The average Bonchev–Trinajstić information content (AvgIpc) is 2.48. The Kier molecular flexibility index (Phi) is 4.35. The van der Waals surface area contributed by atoms with Gasteiger partial charge in [0.2, 0.25) is 0 Å². The van der Waals surface area contributed by atoms with Crippen LogP contribution in [0.2, 0.25) is 0 Å². The molecule has 0 radical (unpaired) electrons. The zero-order chi connectivity index (χ0) is 16.3. The minimum Gasteiger partial charge on any atom is -0.465 e. The van der Waals surface area contributed by atoms with E-state index in [4.69, 9.17) is 0 Å². The summed E-state index contributed by atoms with van der Waals surface area (Å²) in [4.78, 5) is 23.2. The lowest BCUT2D eigenvalue weighted by Crippen LogP contribution is -2.21. The van der Waals surface area contributed by atoms with Gasteiger partial charge < -0.3 is 9.30 Å². The minimum atomic E-state index is -4.45. The normalized spacial score (nSPS) is 11.3. The molecule has 0 aliphatic heterocycles. The maximum atomic E-state index is 12.7. The van der Waals surface area contributed by atoms with E-state index in [0.717, 1.165) is 16.7 Å². The first kappa shape index (κ1) is 15.8. The van der Waals surface area contributed by atoms with Gasteiger partial charge in [-0.2, -0.15) is 13.2 Å². The molecule has 116 valence electrons. The Morgan fingerprint density at radius 1 is 1.23 bits per heavy atom. The number of esters is 1. The molecule has 0 saturated heterocycles. The van der Waals surface area contributed by atoms with Crippen LogP contribution in [0.5, 0.6) is 0 Å². The Morgan fingerprint density at radius 3 is 2.59 bits per heavy atom. The average molecular weight is 311 g/mol. The maximum Gasteiger partial charge on any atom is 0.416 e. The fourth-order valence-electron chi connectivity index (χ4n) is 1.94. The fourth-order valence-corrected chi connectivity index (χ4v) is 1.94. The number of methoxy groups -OCH3 is 1. The molecule has 4 nitrogen and oxygen atoms in total. The molecule has 0 aliphatic rings. The lowest BCUT2D eigenvalue weighted by Gasteiger charge is -2.10. The topological polar surface area (TPSA) is 48.3 Å². The van der Waals surface area contributed by atoms with Crippen molar-refractivity contribution < 1.29 is 22.7 Å². The van der Waals surface area contributed by atoms with Crippen LogP contribution in [0.1, 0.15) is 21.5 Å².